The van der Waals surface area contributed by atoms with Gasteiger partial charge in [0.15, 0.2) is 0 Å². The lowest BCUT2D eigenvalue weighted by molar-refractivity contribution is 0.112. The van der Waals surface area contributed by atoms with E-state index in [2.05, 4.69) is 6.07 Å². The third-order valence-corrected chi connectivity index (χ3v) is 4.81. The highest BCUT2D eigenvalue weighted by Crippen LogP contribution is 2.41. The van der Waals surface area contributed by atoms with Crippen molar-refractivity contribution < 1.29 is 19.0 Å². The first kappa shape index (κ1) is 18.6. The van der Waals surface area contributed by atoms with Crippen LogP contribution in [0.1, 0.15) is 10.4 Å². The maximum atomic E-state index is 10.9. The van der Waals surface area contributed by atoms with Crippen LogP contribution < -0.4 is 14.2 Å². The zero-order chi connectivity index (χ0) is 20.2. The van der Waals surface area contributed by atoms with Gasteiger partial charge in [0, 0.05) is 16.5 Å². The van der Waals surface area contributed by atoms with E-state index in [1.807, 2.05) is 48.5 Å². The van der Waals surface area contributed by atoms with Crippen molar-refractivity contribution in [1.82, 2.24) is 0 Å². The summed E-state index contributed by atoms with van der Waals surface area (Å²) in [6.45, 7) is 0. The van der Waals surface area contributed by atoms with E-state index in [0.717, 1.165) is 45.4 Å². The Hall–Kier alpha value is -3.79. The molecule has 0 aliphatic heterocycles. The van der Waals surface area contributed by atoms with Gasteiger partial charge in [0.05, 0.1) is 14.2 Å². The quantitative estimate of drug-likeness (QED) is 0.375. The first-order valence-electron chi connectivity index (χ1n) is 9.20. The van der Waals surface area contributed by atoms with E-state index < -0.39 is 0 Å². The SMILES string of the molecule is COc1ccc(-c2ccc3cc(OC)ccc3c2Oc2ccc(C=O)cc2)cc1. The third kappa shape index (κ3) is 3.78. The maximum absolute atomic E-state index is 10.9. The van der Waals surface area contributed by atoms with Gasteiger partial charge in [-0.1, -0.05) is 18.2 Å². The molecule has 4 aromatic carbocycles. The Kier molecular flexibility index (Phi) is 5.16. The molecule has 0 unspecified atom stereocenters. The number of benzene rings is 4. The summed E-state index contributed by atoms with van der Waals surface area (Å²) in [6, 6.07) is 24.9. The normalized spacial score (nSPS) is 10.6. The molecule has 0 fully saturated rings. The zero-order valence-electron chi connectivity index (χ0n) is 16.2. The molecule has 0 aromatic heterocycles. The lowest BCUT2D eigenvalue weighted by atomic mass is 9.99. The number of carbonyl (C=O) groups is 1. The predicted molar refractivity (Wildman–Crippen MR) is 114 cm³/mol. The Morgan fingerprint density at radius 3 is 2.00 bits per heavy atom. The molecule has 0 spiro atoms. The molecule has 4 rings (SSSR count). The van der Waals surface area contributed by atoms with Gasteiger partial charge in [0.2, 0.25) is 0 Å². The van der Waals surface area contributed by atoms with Gasteiger partial charge in [-0.2, -0.15) is 0 Å². The van der Waals surface area contributed by atoms with E-state index >= 15 is 0 Å². The van der Waals surface area contributed by atoms with Crippen molar-refractivity contribution >= 4 is 17.1 Å². The van der Waals surface area contributed by atoms with Crippen molar-refractivity contribution in [3.05, 3.63) is 84.4 Å². The van der Waals surface area contributed by atoms with Crippen LogP contribution in [0.3, 0.4) is 0 Å². The number of ether oxygens (including phenoxy) is 3. The average Bonchev–Trinajstić information content (AvgIpc) is 2.79. The fraction of sp³-hybridized carbons (Fsp3) is 0.0800. The molecule has 144 valence electrons. The molecule has 0 aliphatic rings. The number of hydrogen-bond acceptors (Lipinski definition) is 4. The molecule has 4 aromatic rings. The van der Waals surface area contributed by atoms with E-state index in [4.69, 9.17) is 14.2 Å². The highest BCUT2D eigenvalue weighted by molar-refractivity contribution is 5.96. The molecule has 0 atom stereocenters. The van der Waals surface area contributed by atoms with Crippen LogP contribution in [-0.2, 0) is 0 Å². The number of aldehydes is 1. The number of carbonyl (C=O) groups excluding carboxylic acids is 1. The van der Waals surface area contributed by atoms with Crippen molar-refractivity contribution in [2.24, 2.45) is 0 Å². The minimum Gasteiger partial charge on any atom is -0.497 e. The fourth-order valence-electron chi connectivity index (χ4n) is 3.25. The predicted octanol–water partition coefficient (Wildman–Crippen LogP) is 6.13. The largest absolute Gasteiger partial charge is 0.497 e. The fourth-order valence-corrected chi connectivity index (χ4v) is 3.25. The number of fused-ring (bicyclic) bond motifs is 1. The van der Waals surface area contributed by atoms with Crippen molar-refractivity contribution in [2.45, 2.75) is 0 Å². The van der Waals surface area contributed by atoms with Crippen molar-refractivity contribution in [2.75, 3.05) is 14.2 Å². The van der Waals surface area contributed by atoms with Gasteiger partial charge in [0.1, 0.15) is 29.3 Å². The van der Waals surface area contributed by atoms with E-state index in [0.29, 0.717) is 11.3 Å². The van der Waals surface area contributed by atoms with Crippen molar-refractivity contribution in [3.63, 3.8) is 0 Å². The van der Waals surface area contributed by atoms with Crippen LogP contribution in [0.2, 0.25) is 0 Å². The second-order valence-corrected chi connectivity index (χ2v) is 6.55. The number of hydrogen-bond donors (Lipinski definition) is 0. The molecular formula is C25H20O4. The van der Waals surface area contributed by atoms with Crippen LogP contribution in [0.15, 0.2) is 78.9 Å². The highest BCUT2D eigenvalue weighted by atomic mass is 16.5. The van der Waals surface area contributed by atoms with Gasteiger partial charge in [-0.25, -0.2) is 0 Å². The van der Waals surface area contributed by atoms with Crippen LogP contribution in [0.25, 0.3) is 21.9 Å². The smallest absolute Gasteiger partial charge is 0.150 e. The standard InChI is InChI=1S/C25H20O4/c1-27-20-10-5-18(6-11-20)23-13-7-19-15-22(28-2)12-14-24(19)25(23)29-21-8-3-17(16-26)4-9-21/h3-16H,1-2H3. The van der Waals surface area contributed by atoms with Crippen molar-refractivity contribution in [3.8, 4) is 34.1 Å². The summed E-state index contributed by atoms with van der Waals surface area (Å²) in [5, 5.41) is 1.99. The second kappa shape index (κ2) is 8.07. The minimum absolute atomic E-state index is 0.607. The highest BCUT2D eigenvalue weighted by Gasteiger charge is 2.13. The van der Waals surface area contributed by atoms with Gasteiger partial charge >= 0.3 is 0 Å². The summed E-state index contributed by atoms with van der Waals surface area (Å²) in [7, 11) is 3.30. The van der Waals surface area contributed by atoms with E-state index in [9.17, 15) is 4.79 Å². The Morgan fingerprint density at radius 2 is 1.34 bits per heavy atom. The molecule has 4 nitrogen and oxygen atoms in total. The van der Waals surface area contributed by atoms with Gasteiger partial charge in [-0.3, -0.25) is 4.79 Å². The summed E-state index contributed by atoms with van der Waals surface area (Å²) in [5.74, 6) is 2.99. The summed E-state index contributed by atoms with van der Waals surface area (Å²) < 4.78 is 17.0. The number of rotatable bonds is 6. The first-order valence-corrected chi connectivity index (χ1v) is 9.20. The van der Waals surface area contributed by atoms with Gasteiger partial charge in [-0.15, -0.1) is 0 Å². The van der Waals surface area contributed by atoms with Crippen LogP contribution in [0, 0.1) is 0 Å². The summed E-state index contributed by atoms with van der Waals surface area (Å²) >= 11 is 0. The minimum atomic E-state index is 0.607. The Balaban J connectivity index is 1.86. The number of methoxy groups -OCH3 is 2. The molecule has 29 heavy (non-hydrogen) atoms. The van der Waals surface area contributed by atoms with Gasteiger partial charge in [0.25, 0.3) is 0 Å². The molecule has 0 amide bonds. The second-order valence-electron chi connectivity index (χ2n) is 6.55. The Bertz CT molecular complexity index is 1150. The van der Waals surface area contributed by atoms with E-state index in [-0.39, 0.29) is 0 Å². The zero-order valence-corrected chi connectivity index (χ0v) is 16.2. The Labute approximate surface area is 169 Å². The lowest BCUT2D eigenvalue weighted by Gasteiger charge is -2.16. The molecule has 0 N–H and O–H groups in total. The lowest BCUT2D eigenvalue weighted by Crippen LogP contribution is -1.92. The Morgan fingerprint density at radius 1 is 0.690 bits per heavy atom. The van der Waals surface area contributed by atoms with Crippen LogP contribution in [0.5, 0.6) is 23.0 Å². The van der Waals surface area contributed by atoms with E-state index in [1.54, 1.807) is 38.5 Å². The average molecular weight is 384 g/mol. The third-order valence-electron chi connectivity index (χ3n) is 4.81. The molecule has 0 saturated carbocycles. The topological polar surface area (TPSA) is 44.8 Å². The van der Waals surface area contributed by atoms with Gasteiger partial charge in [-0.05, 0) is 71.6 Å². The molecule has 0 saturated heterocycles. The molecule has 4 heteroatoms. The molecular weight excluding hydrogens is 364 g/mol. The van der Waals surface area contributed by atoms with Crippen molar-refractivity contribution in [1.29, 1.82) is 0 Å². The molecule has 0 radical (unpaired) electrons. The molecule has 0 bridgehead atoms. The van der Waals surface area contributed by atoms with Crippen LogP contribution in [0.4, 0.5) is 0 Å². The monoisotopic (exact) mass is 384 g/mol. The first-order chi connectivity index (χ1) is 14.2. The van der Waals surface area contributed by atoms with Gasteiger partial charge < -0.3 is 14.2 Å². The van der Waals surface area contributed by atoms with E-state index in [1.165, 1.54) is 0 Å². The summed E-state index contributed by atoms with van der Waals surface area (Å²) in [4.78, 5) is 10.9. The molecule has 0 aliphatic carbocycles. The van der Waals surface area contributed by atoms with Crippen LogP contribution >= 0.6 is 0 Å². The summed E-state index contributed by atoms with van der Waals surface area (Å²) in [6.07, 6.45) is 0.816. The maximum Gasteiger partial charge on any atom is 0.150 e. The van der Waals surface area contributed by atoms with Crippen LogP contribution in [-0.4, -0.2) is 20.5 Å². The molecule has 0 heterocycles. The summed E-state index contributed by atoms with van der Waals surface area (Å²) in [5.41, 5.74) is 2.59.